The van der Waals surface area contributed by atoms with E-state index in [0.29, 0.717) is 5.69 Å². The fraction of sp³-hybridized carbons (Fsp3) is 0.174. The van der Waals surface area contributed by atoms with Gasteiger partial charge in [0.25, 0.3) is 0 Å². The van der Waals surface area contributed by atoms with Gasteiger partial charge in [-0.25, -0.2) is 4.99 Å². The zero-order valence-corrected chi connectivity index (χ0v) is 17.9. The van der Waals surface area contributed by atoms with Crippen molar-refractivity contribution < 1.29 is 9.21 Å². The van der Waals surface area contributed by atoms with E-state index in [1.54, 1.807) is 25.7 Å². The predicted octanol–water partition coefficient (Wildman–Crippen LogP) is 3.92. The molecule has 3 aromatic heterocycles. The maximum atomic E-state index is 13.4. The Morgan fingerprint density at radius 1 is 1.13 bits per heavy atom. The number of fused-ring (bicyclic) bond motifs is 1. The lowest BCUT2D eigenvalue weighted by atomic mass is 9.77. The number of benzene rings is 1. The maximum absolute atomic E-state index is 13.4. The maximum Gasteiger partial charge on any atom is 0.239 e. The van der Waals surface area contributed by atoms with Gasteiger partial charge in [0.2, 0.25) is 5.91 Å². The summed E-state index contributed by atoms with van der Waals surface area (Å²) >= 11 is 1.54. The lowest BCUT2D eigenvalue weighted by Gasteiger charge is -2.40. The van der Waals surface area contributed by atoms with Crippen LogP contribution in [0.25, 0.3) is 22.1 Å². The minimum atomic E-state index is -0.870. The molecule has 1 unspecified atom stereocenters. The van der Waals surface area contributed by atoms with Crippen molar-refractivity contribution in [3.05, 3.63) is 70.9 Å². The van der Waals surface area contributed by atoms with Crippen LogP contribution in [0, 0.1) is 0 Å². The average molecular weight is 432 g/mol. The minimum Gasteiger partial charge on any atom is -0.464 e. The largest absolute Gasteiger partial charge is 0.464 e. The summed E-state index contributed by atoms with van der Waals surface area (Å²) in [5.74, 6) is -0.463. The van der Waals surface area contributed by atoms with Gasteiger partial charge in [0, 0.05) is 35.3 Å². The van der Waals surface area contributed by atoms with Gasteiger partial charge in [0.1, 0.15) is 11.1 Å². The molecule has 7 nitrogen and oxygen atoms in total. The Balaban J connectivity index is 1.65. The predicted molar refractivity (Wildman–Crippen MR) is 123 cm³/mol. The normalized spacial score (nSPS) is 21.5. The van der Waals surface area contributed by atoms with E-state index in [1.807, 2.05) is 48.7 Å². The number of hydrogen-bond acceptors (Lipinski definition) is 7. The second-order valence-corrected chi connectivity index (χ2v) is 8.78. The van der Waals surface area contributed by atoms with Crippen LogP contribution in [0.2, 0.25) is 0 Å². The molecule has 0 radical (unpaired) electrons. The third-order valence-corrected chi connectivity index (χ3v) is 6.99. The van der Waals surface area contributed by atoms with E-state index in [0.717, 1.165) is 32.5 Å². The van der Waals surface area contributed by atoms with Crippen molar-refractivity contribution >= 4 is 39.9 Å². The second kappa shape index (κ2) is 6.95. The van der Waals surface area contributed by atoms with Crippen molar-refractivity contribution in [2.45, 2.75) is 18.4 Å². The highest BCUT2D eigenvalue weighted by Crippen LogP contribution is 2.47. The SMILES string of the molecule is CN1C(=O)C(c2ccc3ccoc3c2)[C@@](C)(c2cc(-c3cncc(N)c3)cs2)N=C1N. The summed E-state index contributed by atoms with van der Waals surface area (Å²) in [6, 6.07) is 11.6. The Morgan fingerprint density at radius 2 is 1.97 bits per heavy atom. The van der Waals surface area contributed by atoms with Crippen molar-refractivity contribution in [2.24, 2.45) is 10.7 Å². The quantitative estimate of drug-likeness (QED) is 0.511. The highest BCUT2D eigenvalue weighted by atomic mass is 32.1. The molecule has 1 aromatic carbocycles. The van der Waals surface area contributed by atoms with Gasteiger partial charge in [0.15, 0.2) is 5.96 Å². The van der Waals surface area contributed by atoms with Crippen LogP contribution in [-0.2, 0) is 10.3 Å². The first kappa shape index (κ1) is 19.3. The molecule has 1 aliphatic heterocycles. The van der Waals surface area contributed by atoms with Crippen LogP contribution >= 0.6 is 11.3 Å². The standard InChI is InChI=1S/C23H21N5O2S/c1-23(19-9-16(12-31-19)15-7-17(24)11-26-10-15)20(21(29)28(2)22(25)27-23)14-4-3-13-5-6-30-18(13)8-14/h3-12,20H,24H2,1-2H3,(H2,25,27)/t20?,23-/m1/s1. The summed E-state index contributed by atoms with van der Waals surface area (Å²) < 4.78 is 5.58. The molecule has 1 aliphatic rings. The number of likely N-dealkylation sites (N-methyl/N-ethyl adjacent to an activating group) is 1. The van der Waals surface area contributed by atoms with E-state index < -0.39 is 11.5 Å². The Bertz CT molecular complexity index is 1340. The van der Waals surface area contributed by atoms with Crippen LogP contribution in [0.3, 0.4) is 0 Å². The van der Waals surface area contributed by atoms with Gasteiger partial charge in [0.05, 0.1) is 17.9 Å². The van der Waals surface area contributed by atoms with Gasteiger partial charge in [-0.05, 0) is 47.7 Å². The van der Waals surface area contributed by atoms with Crippen LogP contribution < -0.4 is 11.5 Å². The Labute approximate surface area is 183 Å². The number of thiophene rings is 1. The van der Waals surface area contributed by atoms with E-state index in [9.17, 15) is 4.79 Å². The van der Waals surface area contributed by atoms with Crippen molar-refractivity contribution in [1.82, 2.24) is 9.88 Å². The van der Waals surface area contributed by atoms with E-state index in [-0.39, 0.29) is 11.9 Å². The molecule has 0 aliphatic carbocycles. The average Bonchev–Trinajstić information content (AvgIpc) is 3.42. The molecule has 31 heavy (non-hydrogen) atoms. The molecule has 0 saturated heterocycles. The molecule has 1 amide bonds. The van der Waals surface area contributed by atoms with Crippen LogP contribution in [0.5, 0.6) is 0 Å². The molecular weight excluding hydrogens is 410 g/mol. The van der Waals surface area contributed by atoms with Crippen molar-refractivity contribution in [2.75, 3.05) is 12.8 Å². The third-order valence-electron chi connectivity index (χ3n) is 5.83. The number of aromatic nitrogens is 1. The van der Waals surface area contributed by atoms with Gasteiger partial charge in [-0.15, -0.1) is 11.3 Å². The number of pyridine rings is 1. The van der Waals surface area contributed by atoms with Gasteiger partial charge >= 0.3 is 0 Å². The lowest BCUT2D eigenvalue weighted by molar-refractivity contribution is -0.130. The fourth-order valence-corrected chi connectivity index (χ4v) is 5.16. The summed E-state index contributed by atoms with van der Waals surface area (Å²) in [5, 5.41) is 3.01. The van der Waals surface area contributed by atoms with E-state index >= 15 is 0 Å². The molecule has 0 fully saturated rings. The molecule has 4 heterocycles. The lowest BCUT2D eigenvalue weighted by Crippen LogP contribution is -2.52. The number of nitrogens with two attached hydrogens (primary N) is 2. The molecule has 0 spiro atoms. The summed E-state index contributed by atoms with van der Waals surface area (Å²) in [7, 11) is 1.65. The molecule has 0 bridgehead atoms. The van der Waals surface area contributed by atoms with Gasteiger partial charge < -0.3 is 15.9 Å². The van der Waals surface area contributed by atoms with Crippen LogP contribution in [0.4, 0.5) is 5.69 Å². The Hall–Kier alpha value is -3.65. The van der Waals surface area contributed by atoms with Crippen molar-refractivity contribution in [1.29, 1.82) is 0 Å². The van der Waals surface area contributed by atoms with Crippen molar-refractivity contribution in [3.63, 3.8) is 0 Å². The number of furan rings is 1. The van der Waals surface area contributed by atoms with Gasteiger partial charge in [-0.2, -0.15) is 0 Å². The molecule has 8 heteroatoms. The van der Waals surface area contributed by atoms with Crippen LogP contribution in [-0.4, -0.2) is 28.8 Å². The first-order chi connectivity index (χ1) is 14.9. The number of amides is 1. The Kier molecular flexibility index (Phi) is 4.33. The minimum absolute atomic E-state index is 0.110. The first-order valence-corrected chi connectivity index (χ1v) is 10.6. The van der Waals surface area contributed by atoms with E-state index in [1.165, 1.54) is 16.2 Å². The van der Waals surface area contributed by atoms with Crippen LogP contribution in [0.15, 0.2) is 69.8 Å². The second-order valence-electron chi connectivity index (χ2n) is 7.87. The molecule has 0 saturated carbocycles. The number of aliphatic imine (C=N–C) groups is 1. The summed E-state index contributed by atoms with van der Waals surface area (Å²) in [4.78, 5) is 24.8. The first-order valence-electron chi connectivity index (χ1n) is 9.77. The summed E-state index contributed by atoms with van der Waals surface area (Å²) in [5.41, 5.74) is 15.2. The highest BCUT2D eigenvalue weighted by Gasteiger charge is 2.48. The molecule has 5 rings (SSSR count). The summed E-state index contributed by atoms with van der Waals surface area (Å²) in [6.45, 7) is 1.95. The number of guanidine groups is 1. The van der Waals surface area contributed by atoms with E-state index in [2.05, 4.69) is 4.98 Å². The monoisotopic (exact) mass is 431 g/mol. The fourth-order valence-electron chi connectivity index (χ4n) is 4.11. The van der Waals surface area contributed by atoms with Crippen molar-refractivity contribution in [3.8, 4) is 11.1 Å². The number of carbonyl (C=O) groups excluding carboxylic acids is 1. The third kappa shape index (κ3) is 3.07. The molecule has 4 aromatic rings. The number of rotatable bonds is 3. The molecule has 156 valence electrons. The number of nitrogens with zero attached hydrogens (tertiary/aromatic N) is 3. The van der Waals surface area contributed by atoms with Crippen LogP contribution in [0.1, 0.15) is 23.3 Å². The summed E-state index contributed by atoms with van der Waals surface area (Å²) in [6.07, 6.45) is 5.02. The number of hydrogen-bond donors (Lipinski definition) is 2. The Morgan fingerprint density at radius 3 is 2.77 bits per heavy atom. The number of nitrogen functional groups attached to an aromatic ring is 1. The molecule has 4 N–H and O–H groups in total. The number of carbonyl (C=O) groups is 1. The molecular formula is C23H21N5O2S. The van der Waals surface area contributed by atoms with E-state index in [4.69, 9.17) is 20.9 Å². The molecule has 2 atom stereocenters. The highest BCUT2D eigenvalue weighted by molar-refractivity contribution is 7.10. The van der Waals surface area contributed by atoms with Gasteiger partial charge in [-0.1, -0.05) is 12.1 Å². The zero-order chi connectivity index (χ0) is 21.8. The topological polar surface area (TPSA) is 111 Å². The number of anilines is 1. The van der Waals surface area contributed by atoms with Gasteiger partial charge in [-0.3, -0.25) is 14.7 Å². The smallest absolute Gasteiger partial charge is 0.239 e. The zero-order valence-electron chi connectivity index (χ0n) is 17.1.